The fourth-order valence-corrected chi connectivity index (χ4v) is 2.55. The molecule has 122 valence electrons. The average Bonchev–Trinajstić information content (AvgIpc) is 3.09. The van der Waals surface area contributed by atoms with Gasteiger partial charge in [-0.15, -0.1) is 0 Å². The predicted octanol–water partition coefficient (Wildman–Crippen LogP) is 2.75. The van der Waals surface area contributed by atoms with Crippen molar-refractivity contribution in [1.82, 2.24) is 5.32 Å². The standard InChI is InChI=1S/C17H21N3O3/c1-13-11-14(20-6-9-22-10-7-20)4-5-16(13)19-17(21)18-12-15-3-2-8-23-15/h2-5,8,11H,6-7,9-10,12H2,1H3,(H2,18,19,21). The van der Waals surface area contributed by atoms with E-state index in [1.165, 1.54) is 0 Å². The van der Waals surface area contributed by atoms with Crippen molar-refractivity contribution < 1.29 is 13.9 Å². The van der Waals surface area contributed by atoms with Gasteiger partial charge in [0, 0.05) is 24.5 Å². The number of hydrogen-bond donors (Lipinski definition) is 2. The molecular formula is C17H21N3O3. The number of morpholine rings is 1. The fraction of sp³-hybridized carbons (Fsp3) is 0.353. The summed E-state index contributed by atoms with van der Waals surface area (Å²) in [7, 11) is 0. The molecule has 23 heavy (non-hydrogen) atoms. The second-order valence-corrected chi connectivity index (χ2v) is 5.49. The number of amides is 2. The minimum absolute atomic E-state index is 0.247. The number of nitrogens with zero attached hydrogens (tertiary/aromatic N) is 1. The molecule has 0 aliphatic carbocycles. The molecule has 1 aromatic heterocycles. The molecule has 6 heteroatoms. The van der Waals surface area contributed by atoms with E-state index in [0.29, 0.717) is 6.54 Å². The Morgan fingerprint density at radius 1 is 1.26 bits per heavy atom. The van der Waals surface area contributed by atoms with Gasteiger partial charge < -0.3 is 24.7 Å². The quantitative estimate of drug-likeness (QED) is 0.910. The van der Waals surface area contributed by atoms with E-state index < -0.39 is 0 Å². The summed E-state index contributed by atoms with van der Waals surface area (Å²) < 4.78 is 10.6. The van der Waals surface area contributed by atoms with Gasteiger partial charge in [0.2, 0.25) is 0 Å². The SMILES string of the molecule is Cc1cc(N2CCOCC2)ccc1NC(=O)NCc1ccco1. The van der Waals surface area contributed by atoms with Crippen molar-refractivity contribution in [2.75, 3.05) is 36.5 Å². The summed E-state index contributed by atoms with van der Waals surface area (Å²) in [6, 6.07) is 9.43. The van der Waals surface area contributed by atoms with Crippen molar-refractivity contribution in [3.8, 4) is 0 Å². The highest BCUT2D eigenvalue weighted by Gasteiger charge is 2.12. The molecule has 2 aromatic rings. The molecule has 2 amide bonds. The van der Waals surface area contributed by atoms with Gasteiger partial charge in [-0.2, -0.15) is 0 Å². The van der Waals surface area contributed by atoms with Gasteiger partial charge >= 0.3 is 6.03 Å². The van der Waals surface area contributed by atoms with Crippen LogP contribution in [0.3, 0.4) is 0 Å². The van der Waals surface area contributed by atoms with E-state index in [1.54, 1.807) is 12.3 Å². The zero-order chi connectivity index (χ0) is 16.1. The molecule has 2 heterocycles. The number of ether oxygens (including phenoxy) is 1. The predicted molar refractivity (Wildman–Crippen MR) is 88.8 cm³/mol. The van der Waals surface area contributed by atoms with Gasteiger partial charge in [-0.25, -0.2) is 4.79 Å². The van der Waals surface area contributed by atoms with E-state index in [-0.39, 0.29) is 6.03 Å². The van der Waals surface area contributed by atoms with Crippen LogP contribution in [0.15, 0.2) is 41.0 Å². The summed E-state index contributed by atoms with van der Waals surface area (Å²) in [5.74, 6) is 0.722. The molecule has 0 spiro atoms. The molecule has 0 unspecified atom stereocenters. The summed E-state index contributed by atoms with van der Waals surface area (Å²) in [4.78, 5) is 14.2. The first kappa shape index (κ1) is 15.4. The van der Waals surface area contributed by atoms with Crippen LogP contribution in [0.4, 0.5) is 16.2 Å². The third-order valence-corrected chi connectivity index (χ3v) is 3.84. The molecule has 2 N–H and O–H groups in total. The molecular weight excluding hydrogens is 294 g/mol. The average molecular weight is 315 g/mol. The molecule has 3 rings (SSSR count). The molecule has 0 bridgehead atoms. The largest absolute Gasteiger partial charge is 0.467 e. The summed E-state index contributed by atoms with van der Waals surface area (Å²) >= 11 is 0. The number of nitrogens with one attached hydrogen (secondary N) is 2. The number of hydrogen-bond acceptors (Lipinski definition) is 4. The third-order valence-electron chi connectivity index (χ3n) is 3.84. The highest BCUT2D eigenvalue weighted by atomic mass is 16.5. The molecule has 0 radical (unpaired) electrons. The van der Waals surface area contributed by atoms with Crippen LogP contribution in [-0.2, 0) is 11.3 Å². The van der Waals surface area contributed by atoms with Crippen molar-refractivity contribution in [2.24, 2.45) is 0 Å². The minimum Gasteiger partial charge on any atom is -0.467 e. The van der Waals surface area contributed by atoms with Crippen molar-refractivity contribution in [1.29, 1.82) is 0 Å². The van der Waals surface area contributed by atoms with Gasteiger partial charge in [0.15, 0.2) is 0 Å². The van der Waals surface area contributed by atoms with Crippen LogP contribution < -0.4 is 15.5 Å². The number of carbonyl (C=O) groups is 1. The van der Waals surface area contributed by atoms with E-state index in [2.05, 4.69) is 21.6 Å². The maximum Gasteiger partial charge on any atom is 0.319 e. The van der Waals surface area contributed by atoms with Crippen LogP contribution in [0.5, 0.6) is 0 Å². The number of urea groups is 1. The van der Waals surface area contributed by atoms with E-state index in [4.69, 9.17) is 9.15 Å². The Morgan fingerprint density at radius 2 is 2.09 bits per heavy atom. The Balaban J connectivity index is 1.58. The van der Waals surface area contributed by atoms with E-state index in [1.807, 2.05) is 25.1 Å². The number of carbonyl (C=O) groups excluding carboxylic acids is 1. The Morgan fingerprint density at radius 3 is 2.78 bits per heavy atom. The zero-order valence-corrected chi connectivity index (χ0v) is 13.2. The summed E-state index contributed by atoms with van der Waals surface area (Å²) in [6.07, 6.45) is 1.59. The van der Waals surface area contributed by atoms with Gasteiger partial charge in [0.05, 0.1) is 26.0 Å². The van der Waals surface area contributed by atoms with Crippen LogP contribution in [0, 0.1) is 6.92 Å². The second-order valence-electron chi connectivity index (χ2n) is 5.49. The first-order chi connectivity index (χ1) is 11.2. The smallest absolute Gasteiger partial charge is 0.319 e. The topological polar surface area (TPSA) is 66.7 Å². The lowest BCUT2D eigenvalue weighted by atomic mass is 10.1. The fourth-order valence-electron chi connectivity index (χ4n) is 2.55. The number of anilines is 2. The van der Waals surface area contributed by atoms with E-state index in [9.17, 15) is 4.79 Å². The Bertz CT molecular complexity index is 649. The number of rotatable bonds is 4. The molecule has 0 atom stereocenters. The normalized spacial score (nSPS) is 14.6. The third kappa shape index (κ3) is 4.04. The monoisotopic (exact) mass is 315 g/mol. The van der Waals surface area contributed by atoms with Gasteiger partial charge in [0.1, 0.15) is 5.76 Å². The number of benzene rings is 1. The Kier molecular flexibility index (Phi) is 4.83. The maximum atomic E-state index is 12.0. The lowest BCUT2D eigenvalue weighted by molar-refractivity contribution is 0.122. The van der Waals surface area contributed by atoms with Crippen molar-refractivity contribution in [3.05, 3.63) is 47.9 Å². The van der Waals surface area contributed by atoms with Crippen LogP contribution in [-0.4, -0.2) is 32.3 Å². The number of furan rings is 1. The highest BCUT2D eigenvalue weighted by Crippen LogP contribution is 2.23. The van der Waals surface area contributed by atoms with E-state index >= 15 is 0 Å². The molecule has 1 fully saturated rings. The Hall–Kier alpha value is -2.47. The first-order valence-corrected chi connectivity index (χ1v) is 7.73. The first-order valence-electron chi connectivity index (χ1n) is 7.73. The van der Waals surface area contributed by atoms with Crippen molar-refractivity contribution >= 4 is 17.4 Å². The molecule has 1 saturated heterocycles. The lowest BCUT2D eigenvalue weighted by Gasteiger charge is -2.29. The molecule has 1 aliphatic rings. The van der Waals surface area contributed by atoms with Crippen LogP contribution in [0.2, 0.25) is 0 Å². The minimum atomic E-state index is -0.247. The molecule has 6 nitrogen and oxygen atoms in total. The van der Waals surface area contributed by atoms with Gasteiger partial charge in [-0.1, -0.05) is 0 Å². The molecule has 1 aliphatic heterocycles. The van der Waals surface area contributed by atoms with Gasteiger partial charge in [-0.05, 0) is 42.8 Å². The zero-order valence-electron chi connectivity index (χ0n) is 13.2. The highest BCUT2D eigenvalue weighted by molar-refractivity contribution is 5.90. The van der Waals surface area contributed by atoms with Gasteiger partial charge in [0.25, 0.3) is 0 Å². The van der Waals surface area contributed by atoms with Crippen molar-refractivity contribution in [3.63, 3.8) is 0 Å². The van der Waals surface area contributed by atoms with E-state index in [0.717, 1.165) is 49.0 Å². The molecule has 0 saturated carbocycles. The Labute approximate surface area is 135 Å². The second kappa shape index (κ2) is 7.19. The maximum absolute atomic E-state index is 12.0. The molecule has 1 aromatic carbocycles. The summed E-state index contributed by atoms with van der Waals surface area (Å²) in [5, 5.41) is 5.64. The van der Waals surface area contributed by atoms with Gasteiger partial charge in [-0.3, -0.25) is 0 Å². The van der Waals surface area contributed by atoms with Crippen LogP contribution >= 0.6 is 0 Å². The number of aryl methyl sites for hydroxylation is 1. The van der Waals surface area contributed by atoms with Crippen LogP contribution in [0.1, 0.15) is 11.3 Å². The summed E-state index contributed by atoms with van der Waals surface area (Å²) in [6.45, 7) is 5.67. The van der Waals surface area contributed by atoms with Crippen LogP contribution in [0.25, 0.3) is 0 Å². The lowest BCUT2D eigenvalue weighted by Crippen LogP contribution is -2.36. The van der Waals surface area contributed by atoms with Crippen molar-refractivity contribution in [2.45, 2.75) is 13.5 Å². The summed E-state index contributed by atoms with van der Waals surface area (Å²) in [5.41, 5.74) is 2.99.